The molecule has 5 nitrogen and oxygen atoms in total. The van der Waals surface area contributed by atoms with Crippen LogP contribution in [0.25, 0.3) is 6.08 Å². The molecule has 2 aromatic rings. The fraction of sp³-hybridized carbons (Fsp3) is 0.222. The van der Waals surface area contributed by atoms with E-state index in [-0.39, 0.29) is 11.4 Å². The van der Waals surface area contributed by atoms with E-state index >= 15 is 0 Å². The van der Waals surface area contributed by atoms with Gasteiger partial charge in [0.05, 0.1) is 30.0 Å². The largest absolute Gasteiger partial charge is 0.493 e. The molecule has 0 fully saturated rings. The second-order valence-electron chi connectivity index (χ2n) is 4.86. The molecule has 1 heterocycles. The van der Waals surface area contributed by atoms with E-state index < -0.39 is 0 Å². The molecule has 1 aromatic heterocycles. The molecule has 0 aliphatic heterocycles. The Balaban J connectivity index is 2.45. The highest BCUT2D eigenvalue weighted by molar-refractivity contribution is 9.10. The van der Waals surface area contributed by atoms with Gasteiger partial charge < -0.3 is 13.9 Å². The Hall–Kier alpha value is -2.52. The number of carbonyl (C=O) groups excluding carboxylic acids is 1. The summed E-state index contributed by atoms with van der Waals surface area (Å²) in [4.78, 5) is 12.5. The Morgan fingerprint density at radius 2 is 2.21 bits per heavy atom. The first-order chi connectivity index (χ1) is 11.5. The van der Waals surface area contributed by atoms with Crippen molar-refractivity contribution >= 4 is 27.8 Å². The van der Waals surface area contributed by atoms with Gasteiger partial charge in [-0.15, -0.1) is 0 Å². The summed E-state index contributed by atoms with van der Waals surface area (Å²) in [5.41, 5.74) is 1.03. The van der Waals surface area contributed by atoms with Gasteiger partial charge in [-0.3, -0.25) is 4.79 Å². The first-order valence-electron chi connectivity index (χ1n) is 7.22. The van der Waals surface area contributed by atoms with E-state index in [1.54, 1.807) is 25.1 Å². The molecule has 0 N–H and O–H groups in total. The molecule has 0 atom stereocenters. The Morgan fingerprint density at radius 1 is 1.46 bits per heavy atom. The van der Waals surface area contributed by atoms with Gasteiger partial charge in [0.2, 0.25) is 5.78 Å². The summed E-state index contributed by atoms with van der Waals surface area (Å²) in [7, 11) is 1.53. The number of methoxy groups -OCH3 is 1. The number of allylic oxidation sites excluding steroid dienone is 1. The van der Waals surface area contributed by atoms with E-state index in [2.05, 4.69) is 15.9 Å². The molecule has 1 aromatic carbocycles. The molecule has 0 amide bonds. The van der Waals surface area contributed by atoms with Crippen LogP contribution in [0.5, 0.6) is 11.5 Å². The van der Waals surface area contributed by atoms with Gasteiger partial charge in [-0.2, -0.15) is 5.26 Å². The highest BCUT2D eigenvalue weighted by atomic mass is 79.9. The lowest BCUT2D eigenvalue weighted by atomic mass is 10.0. The van der Waals surface area contributed by atoms with E-state index in [1.807, 2.05) is 13.0 Å². The molecule has 0 spiro atoms. The first kappa shape index (κ1) is 17.8. The van der Waals surface area contributed by atoms with E-state index in [0.717, 1.165) is 0 Å². The second kappa shape index (κ2) is 7.84. The lowest BCUT2D eigenvalue weighted by Crippen LogP contribution is -2.02. The van der Waals surface area contributed by atoms with Gasteiger partial charge in [0.25, 0.3) is 0 Å². The SMILES string of the molecule is CCOc1c(Br)cc(/C=C(\C#N)C(=O)c2ccoc2C)cc1OC. The number of ether oxygens (including phenoxy) is 2. The van der Waals surface area contributed by atoms with Gasteiger partial charge in [-0.1, -0.05) is 0 Å². The number of Topliss-reactive ketones (excluding diaryl/α,β-unsaturated/α-hetero) is 1. The number of carbonyl (C=O) groups is 1. The predicted molar refractivity (Wildman–Crippen MR) is 93.2 cm³/mol. The van der Waals surface area contributed by atoms with Crippen LogP contribution in [0.1, 0.15) is 28.6 Å². The molecule has 24 heavy (non-hydrogen) atoms. The average Bonchev–Trinajstić information content (AvgIpc) is 3.00. The van der Waals surface area contributed by atoms with Gasteiger partial charge in [0.1, 0.15) is 17.4 Å². The highest BCUT2D eigenvalue weighted by Crippen LogP contribution is 2.37. The van der Waals surface area contributed by atoms with Crippen LogP contribution in [0.4, 0.5) is 0 Å². The van der Waals surface area contributed by atoms with Gasteiger partial charge in [-0.25, -0.2) is 0 Å². The maximum absolute atomic E-state index is 12.5. The number of nitrogens with zero attached hydrogens (tertiary/aromatic N) is 1. The molecule has 6 heteroatoms. The molecule has 0 unspecified atom stereocenters. The van der Waals surface area contributed by atoms with Gasteiger partial charge >= 0.3 is 0 Å². The number of hydrogen-bond acceptors (Lipinski definition) is 5. The van der Waals surface area contributed by atoms with Crippen LogP contribution in [0.3, 0.4) is 0 Å². The van der Waals surface area contributed by atoms with Crippen LogP contribution in [0, 0.1) is 18.3 Å². The lowest BCUT2D eigenvalue weighted by molar-refractivity contribution is 0.103. The molecule has 124 valence electrons. The van der Waals surface area contributed by atoms with E-state index in [1.165, 1.54) is 19.4 Å². The Bertz CT molecular complexity index is 830. The number of nitriles is 1. The van der Waals surface area contributed by atoms with Crippen LogP contribution >= 0.6 is 15.9 Å². The topological polar surface area (TPSA) is 72.5 Å². The van der Waals surface area contributed by atoms with Gasteiger partial charge in [0.15, 0.2) is 11.5 Å². The normalized spacial score (nSPS) is 11.0. The molecular formula is C18H16BrNO4. The van der Waals surface area contributed by atoms with Crippen LogP contribution in [-0.4, -0.2) is 19.5 Å². The predicted octanol–water partition coefficient (Wildman–Crippen LogP) is 4.55. The fourth-order valence-electron chi connectivity index (χ4n) is 2.19. The molecule has 0 saturated heterocycles. The minimum atomic E-state index is -0.382. The second-order valence-corrected chi connectivity index (χ2v) is 5.71. The summed E-state index contributed by atoms with van der Waals surface area (Å²) < 4.78 is 16.7. The summed E-state index contributed by atoms with van der Waals surface area (Å²) in [5.74, 6) is 1.19. The molecular weight excluding hydrogens is 374 g/mol. The van der Waals surface area contributed by atoms with E-state index in [9.17, 15) is 10.1 Å². The third kappa shape index (κ3) is 3.69. The van der Waals surface area contributed by atoms with Gasteiger partial charge in [-0.05, 0) is 59.6 Å². The van der Waals surface area contributed by atoms with Gasteiger partial charge in [0, 0.05) is 0 Å². The van der Waals surface area contributed by atoms with Crippen LogP contribution in [0.15, 0.2) is 38.9 Å². The zero-order chi connectivity index (χ0) is 17.7. The number of rotatable bonds is 6. The van der Waals surface area contributed by atoms with Crippen molar-refractivity contribution in [1.82, 2.24) is 0 Å². The summed E-state index contributed by atoms with van der Waals surface area (Å²) in [6.45, 7) is 4.05. The van der Waals surface area contributed by atoms with Crippen molar-refractivity contribution in [2.75, 3.05) is 13.7 Å². The quantitative estimate of drug-likeness (QED) is 0.411. The molecule has 0 aliphatic carbocycles. The summed E-state index contributed by atoms with van der Waals surface area (Å²) in [6, 6.07) is 6.97. The average molecular weight is 390 g/mol. The molecule has 2 rings (SSSR count). The Morgan fingerprint density at radius 3 is 2.75 bits per heavy atom. The van der Waals surface area contributed by atoms with Crippen molar-refractivity contribution in [2.24, 2.45) is 0 Å². The van der Waals surface area contributed by atoms with Crippen molar-refractivity contribution in [3.8, 4) is 17.6 Å². The first-order valence-corrected chi connectivity index (χ1v) is 8.02. The smallest absolute Gasteiger partial charge is 0.207 e. The third-order valence-electron chi connectivity index (χ3n) is 3.32. The van der Waals surface area contributed by atoms with Crippen molar-refractivity contribution in [3.05, 3.63) is 51.4 Å². The van der Waals surface area contributed by atoms with E-state index in [4.69, 9.17) is 13.9 Å². The number of halogens is 1. The number of ketones is 1. The number of furan rings is 1. The van der Waals surface area contributed by atoms with Crippen molar-refractivity contribution in [2.45, 2.75) is 13.8 Å². The maximum atomic E-state index is 12.5. The van der Waals surface area contributed by atoms with Crippen LogP contribution in [0.2, 0.25) is 0 Å². The zero-order valence-corrected chi connectivity index (χ0v) is 15.1. The van der Waals surface area contributed by atoms with Crippen LogP contribution < -0.4 is 9.47 Å². The Kier molecular flexibility index (Phi) is 5.83. The zero-order valence-electron chi connectivity index (χ0n) is 13.6. The van der Waals surface area contributed by atoms with Crippen molar-refractivity contribution in [3.63, 3.8) is 0 Å². The summed E-state index contributed by atoms with van der Waals surface area (Å²) >= 11 is 3.42. The third-order valence-corrected chi connectivity index (χ3v) is 3.91. The number of benzene rings is 1. The fourth-order valence-corrected chi connectivity index (χ4v) is 2.76. The molecule has 0 aliphatic rings. The molecule has 0 saturated carbocycles. The van der Waals surface area contributed by atoms with Crippen molar-refractivity contribution in [1.29, 1.82) is 5.26 Å². The van der Waals surface area contributed by atoms with E-state index in [0.29, 0.717) is 39.5 Å². The monoisotopic (exact) mass is 389 g/mol. The summed E-state index contributed by atoms with van der Waals surface area (Å²) in [6.07, 6.45) is 2.94. The van der Waals surface area contributed by atoms with Crippen LogP contribution in [-0.2, 0) is 0 Å². The minimum Gasteiger partial charge on any atom is -0.493 e. The highest BCUT2D eigenvalue weighted by Gasteiger charge is 2.17. The standard InChI is InChI=1S/C18H16BrNO4/c1-4-23-18-15(19)8-12(9-16(18)22-3)7-13(10-20)17(21)14-5-6-24-11(14)2/h5-9H,4H2,1-3H3/b13-7+. The maximum Gasteiger partial charge on any atom is 0.207 e. The number of aryl methyl sites for hydroxylation is 1. The molecule has 0 bridgehead atoms. The Labute approximate surface area is 148 Å². The lowest BCUT2D eigenvalue weighted by Gasteiger charge is -2.12. The van der Waals surface area contributed by atoms with Crippen molar-refractivity contribution < 1.29 is 18.7 Å². The molecule has 0 radical (unpaired) electrons. The minimum absolute atomic E-state index is 0.0117. The summed E-state index contributed by atoms with van der Waals surface area (Å²) in [5, 5.41) is 9.34. The number of hydrogen-bond donors (Lipinski definition) is 0.